The van der Waals surface area contributed by atoms with Crippen LogP contribution in [0.4, 0.5) is 0 Å². The maximum absolute atomic E-state index is 12.1. The Morgan fingerprint density at radius 2 is 2.00 bits per heavy atom. The van der Waals surface area contributed by atoms with Crippen molar-refractivity contribution in [1.82, 2.24) is 15.1 Å². The van der Waals surface area contributed by atoms with Crippen LogP contribution in [0.5, 0.6) is 5.75 Å². The number of ether oxygens (including phenoxy) is 1. The topological polar surface area (TPSA) is 76.4 Å². The van der Waals surface area contributed by atoms with Crippen molar-refractivity contribution in [3.05, 3.63) is 42.2 Å². The van der Waals surface area contributed by atoms with E-state index in [9.17, 15) is 9.90 Å². The minimum absolute atomic E-state index is 0.00555. The molecule has 0 saturated carbocycles. The molecule has 21 heavy (non-hydrogen) atoms. The summed E-state index contributed by atoms with van der Waals surface area (Å²) in [5.41, 5.74) is 0.763. The predicted molar refractivity (Wildman–Crippen MR) is 78.6 cm³/mol. The second-order valence-corrected chi connectivity index (χ2v) is 4.85. The van der Waals surface area contributed by atoms with E-state index in [2.05, 4.69) is 10.4 Å². The lowest BCUT2D eigenvalue weighted by Gasteiger charge is -2.19. The third-order valence-corrected chi connectivity index (χ3v) is 3.37. The van der Waals surface area contributed by atoms with E-state index in [4.69, 9.17) is 4.74 Å². The Bertz CT molecular complexity index is 610. The lowest BCUT2D eigenvalue weighted by molar-refractivity contribution is 0.0730. The second-order valence-electron chi connectivity index (χ2n) is 4.85. The van der Waals surface area contributed by atoms with Crippen molar-refractivity contribution < 1.29 is 14.6 Å². The molecule has 1 heterocycles. The summed E-state index contributed by atoms with van der Waals surface area (Å²) >= 11 is 0. The van der Waals surface area contributed by atoms with Crippen molar-refractivity contribution in [3.8, 4) is 11.4 Å². The van der Waals surface area contributed by atoms with Gasteiger partial charge in [0.05, 0.1) is 24.0 Å². The van der Waals surface area contributed by atoms with Crippen LogP contribution in [0.1, 0.15) is 24.3 Å². The number of aromatic nitrogens is 2. The van der Waals surface area contributed by atoms with Crippen LogP contribution in [-0.2, 0) is 4.74 Å². The van der Waals surface area contributed by atoms with Gasteiger partial charge in [-0.15, -0.1) is 0 Å². The van der Waals surface area contributed by atoms with E-state index in [-0.39, 0.29) is 23.6 Å². The number of para-hydroxylation sites is 1. The molecule has 2 N–H and O–H groups in total. The molecule has 6 heteroatoms. The number of carbonyl (C=O) groups is 1. The van der Waals surface area contributed by atoms with Gasteiger partial charge in [0.25, 0.3) is 5.91 Å². The Labute approximate surface area is 123 Å². The van der Waals surface area contributed by atoms with Gasteiger partial charge in [-0.05, 0) is 26.0 Å². The largest absolute Gasteiger partial charge is 0.504 e. The van der Waals surface area contributed by atoms with Crippen LogP contribution in [0.3, 0.4) is 0 Å². The van der Waals surface area contributed by atoms with Gasteiger partial charge in [-0.25, -0.2) is 4.68 Å². The molecule has 0 spiro atoms. The maximum Gasteiger partial charge on any atom is 0.275 e. The first-order valence-corrected chi connectivity index (χ1v) is 6.70. The molecule has 0 aliphatic rings. The maximum atomic E-state index is 12.1. The Hall–Kier alpha value is -2.34. The molecule has 0 fully saturated rings. The Kier molecular flexibility index (Phi) is 4.59. The number of carbonyl (C=O) groups excluding carboxylic acids is 1. The molecule has 112 valence electrons. The van der Waals surface area contributed by atoms with Crippen molar-refractivity contribution in [1.29, 1.82) is 0 Å². The highest BCUT2D eigenvalue weighted by Crippen LogP contribution is 2.18. The summed E-state index contributed by atoms with van der Waals surface area (Å²) in [5.74, 6) is -0.591. The molecule has 2 aromatic rings. The lowest BCUT2D eigenvalue weighted by Crippen LogP contribution is -2.40. The molecule has 6 nitrogen and oxygen atoms in total. The van der Waals surface area contributed by atoms with E-state index in [0.717, 1.165) is 5.69 Å². The smallest absolute Gasteiger partial charge is 0.275 e. The van der Waals surface area contributed by atoms with Gasteiger partial charge in [0, 0.05) is 7.11 Å². The average Bonchev–Trinajstić information content (AvgIpc) is 2.89. The molecule has 0 radical (unpaired) electrons. The van der Waals surface area contributed by atoms with E-state index in [1.807, 2.05) is 44.2 Å². The van der Waals surface area contributed by atoms with Gasteiger partial charge in [-0.1, -0.05) is 18.2 Å². The number of methoxy groups -OCH3 is 1. The lowest BCUT2D eigenvalue weighted by atomic mass is 10.2. The van der Waals surface area contributed by atoms with Crippen LogP contribution in [-0.4, -0.2) is 40.0 Å². The van der Waals surface area contributed by atoms with Crippen LogP contribution in [0.25, 0.3) is 5.69 Å². The summed E-state index contributed by atoms with van der Waals surface area (Å²) in [4.78, 5) is 12.1. The fourth-order valence-corrected chi connectivity index (χ4v) is 1.84. The van der Waals surface area contributed by atoms with E-state index >= 15 is 0 Å². The van der Waals surface area contributed by atoms with Gasteiger partial charge in [0.2, 0.25) is 0 Å². The molecule has 0 aliphatic heterocycles. The molecule has 1 aromatic heterocycles. The average molecular weight is 289 g/mol. The first kappa shape index (κ1) is 15.1. The third kappa shape index (κ3) is 3.41. The Morgan fingerprint density at radius 1 is 1.33 bits per heavy atom. The standard InChI is InChI=1S/C15H19N3O3/c1-10(11(2)21-3)16-15(20)14-13(19)9-18(17-14)12-7-5-4-6-8-12/h4-11,19H,1-3H3,(H,16,20)/t10-,11?/m0/s1. The number of rotatable bonds is 5. The minimum Gasteiger partial charge on any atom is -0.504 e. The SMILES string of the molecule is COC(C)[C@H](C)NC(=O)c1nn(-c2ccccc2)cc1O. The van der Waals surface area contributed by atoms with E-state index in [0.29, 0.717) is 0 Å². The minimum atomic E-state index is -0.432. The third-order valence-electron chi connectivity index (χ3n) is 3.37. The number of hydrogen-bond acceptors (Lipinski definition) is 4. The van der Waals surface area contributed by atoms with E-state index < -0.39 is 5.91 Å². The Morgan fingerprint density at radius 3 is 2.62 bits per heavy atom. The van der Waals surface area contributed by atoms with Crippen molar-refractivity contribution in [3.63, 3.8) is 0 Å². The summed E-state index contributed by atoms with van der Waals surface area (Å²) in [6.07, 6.45) is 1.28. The molecule has 0 aliphatic carbocycles. The zero-order valence-corrected chi connectivity index (χ0v) is 12.3. The van der Waals surface area contributed by atoms with Crippen LogP contribution in [0.15, 0.2) is 36.5 Å². The van der Waals surface area contributed by atoms with E-state index in [1.165, 1.54) is 10.9 Å². The van der Waals surface area contributed by atoms with Crippen molar-refractivity contribution in [2.75, 3.05) is 7.11 Å². The molecule has 0 bridgehead atoms. The molecule has 1 aromatic carbocycles. The molecular weight excluding hydrogens is 270 g/mol. The highest BCUT2D eigenvalue weighted by molar-refractivity contribution is 5.95. The normalized spacial score (nSPS) is 13.7. The zero-order valence-electron chi connectivity index (χ0n) is 12.3. The summed E-state index contributed by atoms with van der Waals surface area (Å²) in [7, 11) is 1.58. The first-order valence-electron chi connectivity index (χ1n) is 6.70. The number of nitrogens with zero attached hydrogens (tertiary/aromatic N) is 2. The highest BCUT2D eigenvalue weighted by Gasteiger charge is 2.21. The van der Waals surface area contributed by atoms with Crippen molar-refractivity contribution >= 4 is 5.91 Å². The molecule has 1 unspecified atom stereocenters. The van der Waals surface area contributed by atoms with Gasteiger partial charge in [0.15, 0.2) is 11.4 Å². The first-order chi connectivity index (χ1) is 10.0. The van der Waals surface area contributed by atoms with Crippen LogP contribution in [0.2, 0.25) is 0 Å². The molecule has 0 saturated heterocycles. The molecular formula is C15H19N3O3. The molecule has 2 rings (SSSR count). The Balaban J connectivity index is 2.18. The number of aromatic hydroxyl groups is 1. The zero-order chi connectivity index (χ0) is 15.4. The monoisotopic (exact) mass is 289 g/mol. The summed E-state index contributed by atoms with van der Waals surface area (Å²) in [6, 6.07) is 9.08. The second kappa shape index (κ2) is 6.41. The van der Waals surface area contributed by atoms with Gasteiger partial charge in [0.1, 0.15) is 0 Å². The van der Waals surface area contributed by atoms with Gasteiger partial charge < -0.3 is 15.2 Å². The number of amides is 1. The molecule has 1 amide bonds. The summed E-state index contributed by atoms with van der Waals surface area (Å²) in [6.45, 7) is 3.69. The highest BCUT2D eigenvalue weighted by atomic mass is 16.5. The number of nitrogens with one attached hydrogen (secondary N) is 1. The van der Waals surface area contributed by atoms with Gasteiger partial charge in [-0.3, -0.25) is 4.79 Å². The van der Waals surface area contributed by atoms with Crippen molar-refractivity contribution in [2.24, 2.45) is 0 Å². The fourth-order valence-electron chi connectivity index (χ4n) is 1.84. The fraction of sp³-hybridized carbons (Fsp3) is 0.333. The van der Waals surface area contributed by atoms with Crippen LogP contribution >= 0.6 is 0 Å². The van der Waals surface area contributed by atoms with Crippen LogP contribution in [0, 0.1) is 0 Å². The summed E-state index contributed by atoms with van der Waals surface area (Å²) < 4.78 is 6.62. The van der Waals surface area contributed by atoms with Crippen molar-refractivity contribution in [2.45, 2.75) is 26.0 Å². The quantitative estimate of drug-likeness (QED) is 0.879. The van der Waals surface area contributed by atoms with E-state index in [1.54, 1.807) is 7.11 Å². The predicted octanol–water partition coefficient (Wildman–Crippen LogP) is 1.73. The van der Waals surface area contributed by atoms with Crippen LogP contribution < -0.4 is 5.32 Å². The summed E-state index contributed by atoms with van der Waals surface area (Å²) in [5, 5.41) is 16.8. The number of hydrogen-bond donors (Lipinski definition) is 2. The molecule has 2 atom stereocenters. The van der Waals surface area contributed by atoms with Gasteiger partial charge >= 0.3 is 0 Å². The number of benzene rings is 1. The van der Waals surface area contributed by atoms with Gasteiger partial charge in [-0.2, -0.15) is 5.10 Å².